The van der Waals surface area contributed by atoms with E-state index in [1.807, 2.05) is 6.07 Å². The van der Waals surface area contributed by atoms with E-state index in [0.29, 0.717) is 18.0 Å². The maximum absolute atomic E-state index is 11.9. The maximum Gasteiger partial charge on any atom is 0.143 e. The van der Waals surface area contributed by atoms with Crippen LogP contribution in [0.3, 0.4) is 0 Å². The number of aromatic nitrogens is 1. The Bertz CT molecular complexity index is 910. The Balaban J connectivity index is 1.74. The van der Waals surface area contributed by atoms with E-state index in [1.54, 1.807) is 7.11 Å². The molecule has 1 aromatic heterocycles. The minimum absolute atomic E-state index is 0.130. The fourth-order valence-corrected chi connectivity index (χ4v) is 5.81. The molecule has 4 aliphatic rings. The highest BCUT2D eigenvalue weighted by molar-refractivity contribution is 5.91. The van der Waals surface area contributed by atoms with E-state index in [1.165, 1.54) is 34.0 Å². The Kier molecular flexibility index (Phi) is 3.17. The first kappa shape index (κ1) is 15.2. The fourth-order valence-electron chi connectivity index (χ4n) is 5.81. The van der Waals surface area contributed by atoms with Crippen molar-refractivity contribution in [1.29, 1.82) is 0 Å². The predicted octanol–water partition coefficient (Wildman–Crippen LogP) is 3.25. The second-order valence-electron chi connectivity index (χ2n) is 7.66. The van der Waals surface area contributed by atoms with Gasteiger partial charge in [-0.05, 0) is 37.3 Å². The molecule has 3 fully saturated rings. The Labute approximate surface area is 148 Å². The van der Waals surface area contributed by atoms with Gasteiger partial charge in [-0.3, -0.25) is 4.90 Å². The van der Waals surface area contributed by atoms with E-state index in [0.717, 1.165) is 25.1 Å². The number of rotatable bonds is 2. The van der Waals surface area contributed by atoms with E-state index < -0.39 is 0 Å². The number of para-hydroxylation sites is 1. The SMILES string of the molecule is C/C=C1/CN2C3CC1C(C=O)C2Cc1c3n(C)c2c(OC)cccc12. The average Bonchev–Trinajstić information content (AvgIpc) is 2.94. The van der Waals surface area contributed by atoms with Crippen LogP contribution in [0, 0.1) is 11.8 Å². The summed E-state index contributed by atoms with van der Waals surface area (Å²) in [6.07, 6.45) is 5.47. The summed E-state index contributed by atoms with van der Waals surface area (Å²) < 4.78 is 7.98. The fraction of sp³-hybridized carbons (Fsp3) is 0.476. The molecule has 0 spiro atoms. The molecule has 0 N–H and O–H groups in total. The molecule has 5 atom stereocenters. The van der Waals surface area contributed by atoms with Crippen LogP contribution in [-0.4, -0.2) is 35.4 Å². The number of allylic oxidation sites excluding steroid dienone is 1. The summed E-state index contributed by atoms with van der Waals surface area (Å²) in [5, 5.41) is 1.29. The number of aryl methyl sites for hydroxylation is 1. The van der Waals surface area contributed by atoms with Crippen LogP contribution >= 0.6 is 0 Å². The highest BCUT2D eigenvalue weighted by Gasteiger charge is 2.53. The molecule has 5 heterocycles. The smallest absolute Gasteiger partial charge is 0.143 e. The zero-order chi connectivity index (χ0) is 17.3. The van der Waals surface area contributed by atoms with E-state index in [9.17, 15) is 4.79 Å². The molecule has 4 nitrogen and oxygen atoms in total. The zero-order valence-electron chi connectivity index (χ0n) is 15.0. The van der Waals surface area contributed by atoms with Gasteiger partial charge in [-0.1, -0.05) is 23.8 Å². The summed E-state index contributed by atoms with van der Waals surface area (Å²) in [6.45, 7) is 3.13. The Morgan fingerprint density at radius 3 is 2.88 bits per heavy atom. The number of hydrogen-bond acceptors (Lipinski definition) is 3. The van der Waals surface area contributed by atoms with E-state index in [4.69, 9.17) is 4.74 Å². The van der Waals surface area contributed by atoms with Crippen LogP contribution in [0.1, 0.15) is 30.6 Å². The highest BCUT2D eigenvalue weighted by Crippen LogP contribution is 2.54. The number of aldehydes is 1. The van der Waals surface area contributed by atoms with Crippen LogP contribution in [0.25, 0.3) is 10.9 Å². The van der Waals surface area contributed by atoms with Crippen LogP contribution in [0.5, 0.6) is 5.75 Å². The zero-order valence-corrected chi connectivity index (χ0v) is 15.0. The Morgan fingerprint density at radius 2 is 2.16 bits per heavy atom. The number of carbonyl (C=O) groups excluding carboxylic acids is 1. The predicted molar refractivity (Wildman–Crippen MR) is 97.8 cm³/mol. The van der Waals surface area contributed by atoms with Crippen molar-refractivity contribution in [2.45, 2.75) is 31.8 Å². The average molecular weight is 336 g/mol. The number of fused-ring (bicyclic) bond motifs is 4. The molecule has 0 saturated carbocycles. The van der Waals surface area contributed by atoms with Crippen molar-refractivity contribution in [3.05, 3.63) is 41.1 Å². The van der Waals surface area contributed by atoms with Crippen molar-refractivity contribution in [3.63, 3.8) is 0 Å². The van der Waals surface area contributed by atoms with Crippen molar-refractivity contribution in [1.82, 2.24) is 9.47 Å². The first-order valence-electron chi connectivity index (χ1n) is 9.19. The lowest BCUT2D eigenvalue weighted by molar-refractivity contribution is -0.121. The molecule has 4 heteroatoms. The summed E-state index contributed by atoms with van der Waals surface area (Å²) in [5.41, 5.74) is 5.50. The number of nitrogens with zero attached hydrogens (tertiary/aromatic N) is 2. The molecule has 6 rings (SSSR count). The second-order valence-corrected chi connectivity index (χ2v) is 7.66. The van der Waals surface area contributed by atoms with Gasteiger partial charge in [-0.25, -0.2) is 0 Å². The summed E-state index contributed by atoms with van der Waals surface area (Å²) in [7, 11) is 3.91. The molecule has 0 radical (unpaired) electrons. The van der Waals surface area contributed by atoms with Gasteiger partial charge < -0.3 is 14.1 Å². The van der Waals surface area contributed by atoms with Crippen molar-refractivity contribution < 1.29 is 9.53 Å². The number of ether oxygens (including phenoxy) is 1. The van der Waals surface area contributed by atoms with Gasteiger partial charge >= 0.3 is 0 Å². The van der Waals surface area contributed by atoms with E-state index in [2.05, 4.69) is 41.6 Å². The topological polar surface area (TPSA) is 34.5 Å². The Morgan fingerprint density at radius 1 is 1.32 bits per heavy atom. The third kappa shape index (κ3) is 1.78. The normalized spacial score (nSPS) is 34.4. The van der Waals surface area contributed by atoms with Gasteiger partial charge in [-0.2, -0.15) is 0 Å². The maximum atomic E-state index is 11.9. The largest absolute Gasteiger partial charge is 0.495 e. The number of carbonyl (C=O) groups is 1. The van der Waals surface area contributed by atoms with Gasteiger partial charge in [0.2, 0.25) is 0 Å². The van der Waals surface area contributed by atoms with Crippen LogP contribution in [0.15, 0.2) is 29.8 Å². The summed E-state index contributed by atoms with van der Waals surface area (Å²) >= 11 is 0. The molecule has 0 amide bonds. The molecule has 130 valence electrons. The van der Waals surface area contributed by atoms with Crippen molar-refractivity contribution in [2.75, 3.05) is 13.7 Å². The van der Waals surface area contributed by atoms with Gasteiger partial charge in [0.25, 0.3) is 0 Å². The van der Waals surface area contributed by atoms with E-state index >= 15 is 0 Å². The number of methoxy groups -OCH3 is 1. The van der Waals surface area contributed by atoms with Gasteiger partial charge in [0.15, 0.2) is 0 Å². The Hall–Kier alpha value is -2.07. The van der Waals surface area contributed by atoms with Crippen LogP contribution in [0.2, 0.25) is 0 Å². The van der Waals surface area contributed by atoms with Gasteiger partial charge in [0.05, 0.1) is 18.7 Å². The molecule has 0 aliphatic carbocycles. The monoisotopic (exact) mass is 336 g/mol. The van der Waals surface area contributed by atoms with Crippen molar-refractivity contribution in [2.24, 2.45) is 18.9 Å². The lowest BCUT2D eigenvalue weighted by Crippen LogP contribution is -2.60. The molecule has 3 saturated heterocycles. The third-order valence-electron chi connectivity index (χ3n) is 6.86. The molecule has 5 unspecified atom stereocenters. The van der Waals surface area contributed by atoms with Gasteiger partial charge in [-0.15, -0.1) is 0 Å². The molecule has 2 aromatic rings. The summed E-state index contributed by atoms with van der Waals surface area (Å²) in [4.78, 5) is 14.5. The molecule has 4 aliphatic heterocycles. The number of benzene rings is 1. The molecular weight excluding hydrogens is 312 g/mol. The number of piperidine rings is 3. The summed E-state index contributed by atoms with van der Waals surface area (Å²) in [6, 6.07) is 7.08. The lowest BCUT2D eigenvalue weighted by Gasteiger charge is -2.57. The lowest BCUT2D eigenvalue weighted by atomic mass is 9.64. The third-order valence-corrected chi connectivity index (χ3v) is 6.86. The minimum atomic E-state index is 0.130. The second kappa shape index (κ2) is 5.21. The van der Waals surface area contributed by atoms with Gasteiger partial charge in [0.1, 0.15) is 12.0 Å². The standard InChI is InChI=1S/C21H24N2O2/c1-4-12-10-23-17-9-15-13-6-5-7-19(25-3)21(13)22(2)20(15)18(23)8-14(12)16(17)11-24/h4-7,11,14,16-18H,8-10H2,1-3H3/b12-4-. The van der Waals surface area contributed by atoms with Crippen LogP contribution < -0.4 is 4.74 Å². The van der Waals surface area contributed by atoms with Crippen molar-refractivity contribution in [3.8, 4) is 5.75 Å². The first-order valence-corrected chi connectivity index (χ1v) is 9.19. The van der Waals surface area contributed by atoms with Crippen LogP contribution in [-0.2, 0) is 18.3 Å². The molecular formula is C21H24N2O2. The van der Waals surface area contributed by atoms with Crippen LogP contribution in [0.4, 0.5) is 0 Å². The van der Waals surface area contributed by atoms with E-state index in [-0.39, 0.29) is 5.92 Å². The molecule has 1 aromatic carbocycles. The quantitative estimate of drug-likeness (QED) is 0.624. The van der Waals surface area contributed by atoms with Gasteiger partial charge in [0, 0.05) is 36.6 Å². The van der Waals surface area contributed by atoms with Crippen molar-refractivity contribution >= 4 is 17.2 Å². The number of hydrogen-bond donors (Lipinski definition) is 0. The molecule has 25 heavy (non-hydrogen) atoms. The first-order chi connectivity index (χ1) is 12.2. The minimum Gasteiger partial charge on any atom is -0.495 e. The highest BCUT2D eigenvalue weighted by atomic mass is 16.5. The molecule has 4 bridgehead atoms. The summed E-state index contributed by atoms with van der Waals surface area (Å²) in [5.74, 6) is 1.48.